The van der Waals surface area contributed by atoms with E-state index in [1.54, 1.807) is 45.9 Å². The van der Waals surface area contributed by atoms with Gasteiger partial charge >= 0.3 is 7.12 Å². The fourth-order valence-electron chi connectivity index (χ4n) is 1.31. The van der Waals surface area contributed by atoms with Gasteiger partial charge in [-0.25, -0.2) is 0 Å². The van der Waals surface area contributed by atoms with E-state index in [2.05, 4.69) is 15.9 Å². The third-order valence-electron chi connectivity index (χ3n) is 3.21. The molecule has 0 amide bonds. The van der Waals surface area contributed by atoms with Gasteiger partial charge in [0.25, 0.3) is 0 Å². The van der Waals surface area contributed by atoms with Gasteiger partial charge in [-0.1, -0.05) is 15.9 Å². The van der Waals surface area contributed by atoms with Gasteiger partial charge in [0.2, 0.25) is 0 Å². The molecule has 0 atom stereocenters. The van der Waals surface area contributed by atoms with Crippen LogP contribution in [0.25, 0.3) is 0 Å². The maximum Gasteiger partial charge on any atom is 0.491 e. The Kier molecular flexibility index (Phi) is 4.80. The monoisotopic (exact) mass is 325 g/mol. The zero-order valence-electron chi connectivity index (χ0n) is 11.4. The number of halogens is 1. The SMILES string of the molecule is CC(C)(O)C(C)(C)OB(O)c1cc(Br)cc(C#N)c1. The Labute approximate surface area is 122 Å². The molecule has 102 valence electrons. The Morgan fingerprint density at radius 1 is 1.26 bits per heavy atom. The Hall–Kier alpha value is -0.865. The molecule has 1 aromatic rings. The van der Waals surface area contributed by atoms with E-state index in [-0.39, 0.29) is 0 Å². The quantitative estimate of drug-likeness (QED) is 0.824. The molecular weight excluding hydrogens is 309 g/mol. The smallest absolute Gasteiger partial charge is 0.423 e. The zero-order valence-corrected chi connectivity index (χ0v) is 13.0. The van der Waals surface area contributed by atoms with E-state index in [0.717, 1.165) is 0 Å². The molecule has 0 radical (unpaired) electrons. The van der Waals surface area contributed by atoms with Gasteiger partial charge < -0.3 is 14.8 Å². The summed E-state index contributed by atoms with van der Waals surface area (Å²) in [6.07, 6.45) is 0. The van der Waals surface area contributed by atoms with E-state index in [9.17, 15) is 10.1 Å². The predicted octanol–water partition coefficient (Wildman–Crippen LogP) is 1.57. The van der Waals surface area contributed by atoms with E-state index in [1.165, 1.54) is 0 Å². The molecule has 6 heteroatoms. The number of nitrogens with zero attached hydrogens (tertiary/aromatic N) is 1. The molecule has 0 aliphatic heterocycles. The van der Waals surface area contributed by atoms with Gasteiger partial charge in [-0.05, 0) is 51.4 Å². The van der Waals surface area contributed by atoms with Gasteiger partial charge in [-0.15, -0.1) is 0 Å². The first-order valence-corrected chi connectivity index (χ1v) is 6.65. The van der Waals surface area contributed by atoms with Crippen molar-refractivity contribution in [3.63, 3.8) is 0 Å². The van der Waals surface area contributed by atoms with Crippen LogP contribution < -0.4 is 5.46 Å². The molecule has 0 heterocycles. The number of hydrogen-bond acceptors (Lipinski definition) is 4. The van der Waals surface area contributed by atoms with Crippen LogP contribution in [0.15, 0.2) is 22.7 Å². The lowest BCUT2D eigenvalue weighted by Crippen LogP contribution is -2.53. The van der Waals surface area contributed by atoms with E-state index < -0.39 is 18.3 Å². The van der Waals surface area contributed by atoms with Gasteiger partial charge in [0.15, 0.2) is 0 Å². The molecule has 0 saturated heterocycles. The molecule has 0 aliphatic carbocycles. The molecule has 1 aromatic carbocycles. The van der Waals surface area contributed by atoms with Crippen LogP contribution in [0.5, 0.6) is 0 Å². The first-order valence-electron chi connectivity index (χ1n) is 5.85. The van der Waals surface area contributed by atoms with Gasteiger partial charge in [0, 0.05) is 4.47 Å². The van der Waals surface area contributed by atoms with E-state index in [4.69, 9.17) is 9.92 Å². The lowest BCUT2D eigenvalue weighted by molar-refractivity contribution is -0.0982. The van der Waals surface area contributed by atoms with Crippen molar-refractivity contribution >= 4 is 28.5 Å². The number of aliphatic hydroxyl groups is 1. The lowest BCUT2D eigenvalue weighted by Gasteiger charge is -2.38. The van der Waals surface area contributed by atoms with Crippen LogP contribution in [-0.4, -0.2) is 28.5 Å². The molecule has 2 N–H and O–H groups in total. The standard InChI is InChI=1S/C13H17BBrNO3/c1-12(2,17)13(3,4)19-14(18)10-5-9(8-16)6-11(15)7-10/h5-7,17-18H,1-4H3. The highest BCUT2D eigenvalue weighted by atomic mass is 79.9. The summed E-state index contributed by atoms with van der Waals surface area (Å²) < 4.78 is 6.20. The third kappa shape index (κ3) is 4.05. The predicted molar refractivity (Wildman–Crippen MR) is 77.9 cm³/mol. The molecule has 19 heavy (non-hydrogen) atoms. The highest BCUT2D eigenvalue weighted by molar-refractivity contribution is 9.10. The summed E-state index contributed by atoms with van der Waals surface area (Å²) in [7, 11) is -1.22. The molecule has 1 rings (SSSR count). The fraction of sp³-hybridized carbons (Fsp3) is 0.462. The second-order valence-corrected chi connectivity index (χ2v) is 6.34. The molecule has 0 bridgehead atoms. The molecule has 0 aliphatic rings. The van der Waals surface area contributed by atoms with Crippen LogP contribution in [0.4, 0.5) is 0 Å². The Bertz CT molecular complexity index is 506. The minimum Gasteiger partial charge on any atom is -0.423 e. The number of nitriles is 1. The van der Waals surface area contributed by atoms with Crippen molar-refractivity contribution in [2.45, 2.75) is 38.9 Å². The minimum absolute atomic E-state index is 0.424. The lowest BCUT2D eigenvalue weighted by atomic mass is 9.76. The first kappa shape index (κ1) is 16.2. The highest BCUT2D eigenvalue weighted by Crippen LogP contribution is 2.25. The maximum absolute atomic E-state index is 10.1. The van der Waals surface area contributed by atoms with Crippen molar-refractivity contribution in [3.8, 4) is 6.07 Å². The molecule has 0 unspecified atom stereocenters. The van der Waals surface area contributed by atoms with Crippen LogP contribution in [0.1, 0.15) is 33.3 Å². The van der Waals surface area contributed by atoms with Gasteiger partial charge in [0.05, 0.1) is 22.8 Å². The van der Waals surface area contributed by atoms with Crippen LogP contribution in [0.2, 0.25) is 0 Å². The highest BCUT2D eigenvalue weighted by Gasteiger charge is 2.39. The van der Waals surface area contributed by atoms with Crippen molar-refractivity contribution < 1.29 is 14.8 Å². The summed E-state index contributed by atoms with van der Waals surface area (Å²) in [5.41, 5.74) is -1.17. The van der Waals surface area contributed by atoms with E-state index in [0.29, 0.717) is 15.5 Å². The second-order valence-electron chi connectivity index (χ2n) is 5.42. The van der Waals surface area contributed by atoms with E-state index >= 15 is 0 Å². The van der Waals surface area contributed by atoms with Gasteiger partial charge in [-0.3, -0.25) is 0 Å². The van der Waals surface area contributed by atoms with Gasteiger partial charge in [0.1, 0.15) is 0 Å². The molecular formula is C13H17BBrNO3. The number of rotatable bonds is 4. The normalized spacial score (nSPS) is 12.1. The van der Waals surface area contributed by atoms with Crippen molar-refractivity contribution in [1.82, 2.24) is 0 Å². The summed E-state index contributed by atoms with van der Waals surface area (Å²) in [6, 6.07) is 6.88. The average Bonchev–Trinajstić information content (AvgIpc) is 2.25. The van der Waals surface area contributed by atoms with Crippen LogP contribution >= 0.6 is 15.9 Å². The summed E-state index contributed by atoms with van der Waals surface area (Å²) in [5, 5.41) is 29.0. The Morgan fingerprint density at radius 3 is 2.32 bits per heavy atom. The maximum atomic E-state index is 10.1. The Balaban J connectivity index is 2.99. The molecule has 0 saturated carbocycles. The number of hydrogen-bond donors (Lipinski definition) is 2. The fourth-order valence-corrected chi connectivity index (χ4v) is 1.82. The van der Waals surface area contributed by atoms with Gasteiger partial charge in [-0.2, -0.15) is 5.26 Å². The second kappa shape index (κ2) is 5.64. The topological polar surface area (TPSA) is 73.5 Å². The summed E-state index contributed by atoms with van der Waals surface area (Å²) in [5.74, 6) is 0. The Morgan fingerprint density at radius 2 is 1.84 bits per heavy atom. The van der Waals surface area contributed by atoms with Crippen molar-refractivity contribution in [2.75, 3.05) is 0 Å². The first-order chi connectivity index (χ1) is 8.56. The van der Waals surface area contributed by atoms with Crippen molar-refractivity contribution in [2.24, 2.45) is 0 Å². The van der Waals surface area contributed by atoms with Crippen molar-refractivity contribution in [3.05, 3.63) is 28.2 Å². The van der Waals surface area contributed by atoms with Crippen LogP contribution in [0.3, 0.4) is 0 Å². The molecule has 0 spiro atoms. The van der Waals surface area contributed by atoms with Crippen molar-refractivity contribution in [1.29, 1.82) is 5.26 Å². The molecule has 0 aromatic heterocycles. The molecule has 4 nitrogen and oxygen atoms in total. The average molecular weight is 326 g/mol. The summed E-state index contributed by atoms with van der Waals surface area (Å²) in [6.45, 7) is 6.61. The minimum atomic E-state index is -1.22. The summed E-state index contributed by atoms with van der Waals surface area (Å²) >= 11 is 3.27. The van der Waals surface area contributed by atoms with E-state index in [1.807, 2.05) is 6.07 Å². The summed E-state index contributed by atoms with van der Waals surface area (Å²) in [4.78, 5) is 0. The number of benzene rings is 1. The van der Waals surface area contributed by atoms with Crippen LogP contribution in [0, 0.1) is 11.3 Å². The van der Waals surface area contributed by atoms with Crippen LogP contribution in [-0.2, 0) is 4.65 Å². The third-order valence-corrected chi connectivity index (χ3v) is 3.67. The zero-order chi connectivity index (χ0) is 14.8. The largest absolute Gasteiger partial charge is 0.491 e. The molecule has 0 fully saturated rings.